The van der Waals surface area contributed by atoms with Gasteiger partial charge in [-0.05, 0) is 25.2 Å². The van der Waals surface area contributed by atoms with Crippen molar-refractivity contribution in [2.75, 3.05) is 62.2 Å². The lowest BCUT2D eigenvalue weighted by atomic mass is 10.0. The molecule has 40 heavy (non-hydrogen) atoms. The predicted octanol–water partition coefficient (Wildman–Crippen LogP) is 5.40. The Balaban J connectivity index is 1.32. The van der Waals surface area contributed by atoms with Gasteiger partial charge in [-0.3, -0.25) is 4.84 Å². The summed E-state index contributed by atoms with van der Waals surface area (Å²) in [5, 5.41) is 4.86. The molecule has 0 amide bonds. The molecule has 1 N–H and O–H groups in total. The van der Waals surface area contributed by atoms with Gasteiger partial charge in [0, 0.05) is 67.1 Å². The van der Waals surface area contributed by atoms with Gasteiger partial charge in [0.1, 0.15) is 17.9 Å². The van der Waals surface area contributed by atoms with Crippen molar-refractivity contribution in [2.24, 2.45) is 0 Å². The molecule has 0 aliphatic carbocycles. The summed E-state index contributed by atoms with van der Waals surface area (Å²) in [5.74, 6) is -0.213. The molecule has 9 nitrogen and oxygen atoms in total. The first-order valence-corrected chi connectivity index (χ1v) is 13.1. The average Bonchev–Trinajstić information content (AvgIpc) is 3.68. The van der Waals surface area contributed by atoms with E-state index in [4.69, 9.17) is 14.0 Å². The number of hydrogen-bond acceptors (Lipinski definition) is 9. The summed E-state index contributed by atoms with van der Waals surface area (Å²) in [4.78, 5) is 19.2. The highest BCUT2D eigenvalue weighted by Crippen LogP contribution is 2.41. The Morgan fingerprint density at radius 3 is 2.67 bits per heavy atom. The molecule has 0 unspecified atom stereocenters. The van der Waals surface area contributed by atoms with Gasteiger partial charge in [0.15, 0.2) is 17.5 Å². The number of aromatic nitrogens is 2. The first-order chi connectivity index (χ1) is 19.5. The fourth-order valence-electron chi connectivity index (χ4n) is 5.22. The number of furan rings is 1. The molecule has 2 saturated heterocycles. The van der Waals surface area contributed by atoms with Crippen LogP contribution in [0.15, 0.2) is 65.7 Å². The van der Waals surface area contributed by atoms with Gasteiger partial charge >= 0.3 is 0 Å². The van der Waals surface area contributed by atoms with Crippen molar-refractivity contribution in [2.45, 2.75) is 12.5 Å². The maximum atomic E-state index is 14.6. The Labute approximate surface area is 230 Å². The fraction of sp³-hybridized carbons (Fsp3) is 0.310. The number of likely N-dealkylation sites (N-methyl/N-ethyl adjacent to an activating group) is 1. The van der Waals surface area contributed by atoms with Crippen molar-refractivity contribution in [3.05, 3.63) is 78.5 Å². The van der Waals surface area contributed by atoms with Crippen molar-refractivity contribution >= 4 is 23.0 Å². The Morgan fingerprint density at radius 1 is 1.05 bits per heavy atom. The van der Waals surface area contributed by atoms with Crippen LogP contribution in [0.25, 0.3) is 11.1 Å². The number of piperazine rings is 1. The molecule has 0 radical (unpaired) electrons. The minimum absolute atomic E-state index is 0.219. The van der Waals surface area contributed by atoms with E-state index in [1.54, 1.807) is 31.8 Å². The van der Waals surface area contributed by atoms with Crippen molar-refractivity contribution in [3.8, 4) is 16.9 Å². The number of anilines is 4. The molecule has 2 aromatic carbocycles. The Kier molecular flexibility index (Phi) is 7.23. The lowest BCUT2D eigenvalue weighted by Crippen LogP contribution is -2.44. The van der Waals surface area contributed by atoms with E-state index >= 15 is 0 Å². The van der Waals surface area contributed by atoms with Gasteiger partial charge < -0.3 is 24.3 Å². The van der Waals surface area contributed by atoms with Gasteiger partial charge in [-0.2, -0.15) is 0 Å². The first-order valence-electron chi connectivity index (χ1n) is 13.1. The number of nitrogens with zero attached hydrogens (tertiary/aromatic N) is 5. The minimum atomic E-state index is -0.894. The van der Waals surface area contributed by atoms with Crippen LogP contribution in [0.3, 0.4) is 0 Å². The van der Waals surface area contributed by atoms with Crippen molar-refractivity contribution in [3.63, 3.8) is 0 Å². The lowest BCUT2D eigenvalue weighted by molar-refractivity contribution is 0.156. The summed E-state index contributed by atoms with van der Waals surface area (Å²) < 4.78 is 39.8. The molecule has 0 saturated carbocycles. The quantitative estimate of drug-likeness (QED) is 0.327. The first kappa shape index (κ1) is 26.0. The molecule has 1 atom stereocenters. The van der Waals surface area contributed by atoms with Crippen LogP contribution in [0.5, 0.6) is 5.75 Å². The van der Waals surface area contributed by atoms with Crippen molar-refractivity contribution in [1.29, 1.82) is 0 Å². The van der Waals surface area contributed by atoms with Crippen molar-refractivity contribution < 1.29 is 22.8 Å². The molecule has 2 aliphatic rings. The second-order valence-corrected chi connectivity index (χ2v) is 9.86. The zero-order valence-corrected chi connectivity index (χ0v) is 22.3. The van der Waals surface area contributed by atoms with Crippen LogP contribution in [0.4, 0.5) is 31.8 Å². The summed E-state index contributed by atoms with van der Waals surface area (Å²) >= 11 is 0. The molecular formula is C29H30F2N6O3. The van der Waals surface area contributed by atoms with Crippen LogP contribution in [-0.2, 0) is 4.84 Å². The third-order valence-electron chi connectivity index (χ3n) is 7.38. The summed E-state index contributed by atoms with van der Waals surface area (Å²) in [6, 6.07) is 11.3. The zero-order chi connectivity index (χ0) is 27.6. The summed E-state index contributed by atoms with van der Waals surface area (Å²) in [7, 11) is 3.76. The topological polar surface area (TPSA) is 79.1 Å². The van der Waals surface area contributed by atoms with Crippen LogP contribution in [0.1, 0.15) is 18.0 Å². The predicted molar refractivity (Wildman–Crippen MR) is 148 cm³/mol. The van der Waals surface area contributed by atoms with E-state index in [0.717, 1.165) is 49.1 Å². The number of benzene rings is 2. The van der Waals surface area contributed by atoms with E-state index in [9.17, 15) is 8.78 Å². The summed E-state index contributed by atoms with van der Waals surface area (Å²) in [6.45, 7) is 4.08. The lowest BCUT2D eigenvalue weighted by Gasteiger charge is -2.35. The Hall–Kier alpha value is -4.22. The van der Waals surface area contributed by atoms with E-state index in [1.165, 1.54) is 17.5 Å². The average molecular weight is 549 g/mol. The van der Waals surface area contributed by atoms with E-state index in [0.29, 0.717) is 36.1 Å². The standard InChI is InChI=1S/C29H30F2N6O3/c1-35-8-10-36(11-9-35)25-15-26(38-2)23(14-21(25)19-6-12-39-17-19)34-27-16-28(33-18-32-27)37-24(7-13-40-37)20-4-3-5-22(30)29(20)31/h3-6,12,14-18,24H,7-11,13H2,1-2H3,(H,32,33,34)/t24-/m1/s1. The SMILES string of the molecule is COc1cc(N2CCN(C)CC2)c(-c2ccoc2)cc1Nc1cc(N2OCC[C@@H]2c2cccc(F)c2F)ncn1. The number of hydrogen-bond donors (Lipinski definition) is 1. The minimum Gasteiger partial charge on any atom is -0.494 e. The molecule has 6 rings (SSSR count). The normalized spacial score (nSPS) is 17.9. The summed E-state index contributed by atoms with van der Waals surface area (Å²) in [6.07, 6.45) is 5.28. The number of rotatable bonds is 7. The van der Waals surface area contributed by atoms with Gasteiger partial charge in [0.25, 0.3) is 0 Å². The highest BCUT2D eigenvalue weighted by Gasteiger charge is 2.32. The molecule has 2 aromatic heterocycles. The number of halogens is 2. The van der Waals surface area contributed by atoms with Crippen LogP contribution in [-0.4, -0.2) is 61.8 Å². The van der Waals surface area contributed by atoms with Gasteiger partial charge in [0.05, 0.1) is 38.0 Å². The molecule has 4 aromatic rings. The number of hydroxylamine groups is 1. The van der Waals surface area contributed by atoms with Crippen LogP contribution < -0.4 is 20.0 Å². The second kappa shape index (κ2) is 11.1. The highest BCUT2D eigenvalue weighted by atomic mass is 19.2. The third-order valence-corrected chi connectivity index (χ3v) is 7.38. The number of methoxy groups -OCH3 is 1. The molecule has 2 aliphatic heterocycles. The molecule has 2 fully saturated rings. The van der Waals surface area contributed by atoms with E-state index in [2.05, 4.69) is 32.1 Å². The highest BCUT2D eigenvalue weighted by molar-refractivity contribution is 5.85. The molecule has 11 heteroatoms. The van der Waals surface area contributed by atoms with Gasteiger partial charge in [-0.25, -0.2) is 23.8 Å². The maximum Gasteiger partial charge on any atom is 0.164 e. The van der Waals surface area contributed by atoms with Crippen LogP contribution in [0.2, 0.25) is 0 Å². The van der Waals surface area contributed by atoms with Gasteiger partial charge in [-0.1, -0.05) is 12.1 Å². The van der Waals surface area contributed by atoms with Crippen LogP contribution >= 0.6 is 0 Å². The molecule has 208 valence electrons. The fourth-order valence-corrected chi connectivity index (χ4v) is 5.22. The van der Waals surface area contributed by atoms with Crippen molar-refractivity contribution in [1.82, 2.24) is 14.9 Å². The number of ether oxygens (including phenoxy) is 1. The van der Waals surface area contributed by atoms with E-state index < -0.39 is 17.7 Å². The second-order valence-electron chi connectivity index (χ2n) is 9.86. The molecular weight excluding hydrogens is 518 g/mol. The number of nitrogens with one attached hydrogen (secondary N) is 1. The molecule has 4 heterocycles. The van der Waals surface area contributed by atoms with Gasteiger partial charge in [0.2, 0.25) is 0 Å². The van der Waals surface area contributed by atoms with E-state index in [-0.39, 0.29) is 5.56 Å². The van der Waals surface area contributed by atoms with Gasteiger partial charge in [-0.15, -0.1) is 0 Å². The Bertz CT molecular complexity index is 1480. The smallest absolute Gasteiger partial charge is 0.164 e. The third kappa shape index (κ3) is 5.05. The molecule has 0 bridgehead atoms. The maximum absolute atomic E-state index is 14.6. The van der Waals surface area contributed by atoms with E-state index in [1.807, 2.05) is 18.2 Å². The zero-order valence-electron chi connectivity index (χ0n) is 22.3. The van der Waals surface area contributed by atoms with Crippen LogP contribution in [0, 0.1) is 11.6 Å². The molecule has 0 spiro atoms. The summed E-state index contributed by atoms with van der Waals surface area (Å²) in [5.41, 5.74) is 3.94. The monoisotopic (exact) mass is 548 g/mol. The Morgan fingerprint density at radius 2 is 1.90 bits per heavy atom. The largest absolute Gasteiger partial charge is 0.494 e.